The van der Waals surface area contributed by atoms with Crippen molar-refractivity contribution >= 4 is 29.3 Å². The lowest BCUT2D eigenvalue weighted by Crippen LogP contribution is -2.58. The minimum absolute atomic E-state index is 0.0230. The number of ether oxygens (including phenoxy) is 1. The molecule has 1 aromatic heterocycles. The summed E-state index contributed by atoms with van der Waals surface area (Å²) in [6.07, 6.45) is 4.68. The molecule has 3 aromatic rings. The maximum atomic E-state index is 13.9. The zero-order chi connectivity index (χ0) is 34.0. The Bertz CT molecular complexity index is 1530. The molecule has 2 aromatic carbocycles. The Balaban J connectivity index is 1.34. The molecule has 3 fully saturated rings. The molecule has 258 valence electrons. The average Bonchev–Trinajstić information content (AvgIpc) is 3.83. The normalized spacial score (nSPS) is 24.2. The maximum absolute atomic E-state index is 13.9. The van der Waals surface area contributed by atoms with E-state index in [2.05, 4.69) is 11.8 Å². The summed E-state index contributed by atoms with van der Waals surface area (Å²) in [7, 11) is 0. The van der Waals surface area contributed by atoms with Gasteiger partial charge in [0.2, 0.25) is 5.95 Å². The molecule has 48 heavy (non-hydrogen) atoms. The first-order valence-corrected chi connectivity index (χ1v) is 17.6. The Morgan fingerprint density at radius 2 is 1.65 bits per heavy atom. The molecule has 1 aliphatic carbocycles. The summed E-state index contributed by atoms with van der Waals surface area (Å²) in [6.45, 7) is 7.81. The van der Waals surface area contributed by atoms with Crippen molar-refractivity contribution in [2.24, 2.45) is 11.8 Å². The minimum atomic E-state index is -4.54. The van der Waals surface area contributed by atoms with Gasteiger partial charge in [-0.1, -0.05) is 48.9 Å². The van der Waals surface area contributed by atoms with Gasteiger partial charge in [0.15, 0.2) is 0 Å². The van der Waals surface area contributed by atoms with Crippen LogP contribution < -0.4 is 9.80 Å². The number of benzene rings is 2. The van der Waals surface area contributed by atoms with E-state index in [0.29, 0.717) is 37.2 Å². The van der Waals surface area contributed by atoms with Crippen molar-refractivity contribution in [3.8, 4) is 0 Å². The lowest BCUT2D eigenvalue weighted by atomic mass is 9.86. The van der Waals surface area contributed by atoms with Crippen LogP contribution >= 0.6 is 11.6 Å². The predicted molar refractivity (Wildman–Crippen MR) is 182 cm³/mol. The van der Waals surface area contributed by atoms with Gasteiger partial charge in [0.1, 0.15) is 0 Å². The number of rotatable bonds is 9. The number of piperidine rings is 1. The number of fused-ring (bicyclic) bond motifs is 1. The van der Waals surface area contributed by atoms with Crippen molar-refractivity contribution in [3.05, 3.63) is 82.6 Å². The van der Waals surface area contributed by atoms with Gasteiger partial charge in [-0.2, -0.15) is 13.2 Å². The first kappa shape index (κ1) is 34.3. The minimum Gasteiger partial charge on any atom is -0.447 e. The van der Waals surface area contributed by atoms with E-state index in [0.717, 1.165) is 48.3 Å². The van der Waals surface area contributed by atoms with E-state index in [1.54, 1.807) is 6.07 Å². The number of halogens is 4. The number of carbonyl (C=O) groups is 1. The SMILES string of the molecule is CC[C@@H]1C[C@H](N(Cc2cc(Cl)cc(C(F)(F)F)c2)c2ncc(N3CCC4C[C@H]4CC3)cn2)C[C@H](Cc2ccccc2)N1C(=O)OC(C)C. The van der Waals surface area contributed by atoms with E-state index in [4.69, 9.17) is 26.3 Å². The second kappa shape index (κ2) is 14.5. The second-order valence-corrected chi connectivity index (χ2v) is 14.3. The predicted octanol–water partition coefficient (Wildman–Crippen LogP) is 8.79. The number of hydrogen-bond donors (Lipinski definition) is 0. The van der Waals surface area contributed by atoms with Gasteiger partial charge in [0.05, 0.1) is 29.7 Å². The molecule has 0 N–H and O–H groups in total. The Hall–Kier alpha value is -3.53. The number of alkyl halides is 3. The molecule has 0 bridgehead atoms. The van der Waals surface area contributed by atoms with Crippen LogP contribution in [0.4, 0.5) is 29.6 Å². The van der Waals surface area contributed by atoms with Gasteiger partial charge < -0.3 is 19.4 Å². The van der Waals surface area contributed by atoms with Crippen molar-refractivity contribution in [3.63, 3.8) is 0 Å². The summed E-state index contributed by atoms with van der Waals surface area (Å²) < 4.78 is 47.3. The van der Waals surface area contributed by atoms with Crippen LogP contribution in [0.25, 0.3) is 0 Å². The van der Waals surface area contributed by atoms with Gasteiger partial charge >= 0.3 is 12.3 Å². The van der Waals surface area contributed by atoms with E-state index in [1.165, 1.54) is 19.3 Å². The number of aromatic nitrogens is 2. The standard InChI is InChI=1S/C37H45ClF3N5O2/c1-4-31-19-32(20-33(16-25-8-6-5-7-9-25)46(31)36(47)48-24(2)3)45(23-26-14-29(37(39,40)41)18-30(38)15-26)35-42-21-34(22-43-35)44-12-10-27-17-28(27)11-13-44/h5-9,14-15,18,21-22,24,27-28,31-33H,4,10-13,16-17,19-20,23H2,1-3H3/t27-,28?,31-,32+,33+/m1/s1. The highest BCUT2D eigenvalue weighted by Crippen LogP contribution is 2.46. The van der Waals surface area contributed by atoms with E-state index in [9.17, 15) is 18.0 Å². The van der Waals surface area contributed by atoms with Crippen LogP contribution in [0.2, 0.25) is 5.02 Å². The van der Waals surface area contributed by atoms with Crippen molar-refractivity contribution in [2.45, 2.75) is 103 Å². The highest BCUT2D eigenvalue weighted by Gasteiger charge is 2.42. The van der Waals surface area contributed by atoms with Crippen LogP contribution in [0.5, 0.6) is 0 Å². The van der Waals surface area contributed by atoms with E-state index < -0.39 is 11.7 Å². The molecule has 3 heterocycles. The zero-order valence-electron chi connectivity index (χ0n) is 27.9. The molecule has 11 heteroatoms. The summed E-state index contributed by atoms with van der Waals surface area (Å²) in [5, 5.41) is 0.0230. The number of nitrogens with zero attached hydrogens (tertiary/aromatic N) is 5. The fraction of sp³-hybridized carbons (Fsp3) is 0.541. The first-order valence-electron chi connectivity index (χ1n) is 17.2. The topological polar surface area (TPSA) is 61.8 Å². The summed E-state index contributed by atoms with van der Waals surface area (Å²) in [5.74, 6) is 2.12. The van der Waals surface area contributed by atoms with Crippen LogP contribution in [0, 0.1) is 11.8 Å². The van der Waals surface area contributed by atoms with Gasteiger partial charge in [0, 0.05) is 42.8 Å². The number of likely N-dealkylation sites (tertiary alicyclic amines) is 1. The monoisotopic (exact) mass is 683 g/mol. The Labute approximate surface area is 286 Å². The lowest BCUT2D eigenvalue weighted by molar-refractivity contribution is -0.137. The average molecular weight is 684 g/mol. The molecule has 0 radical (unpaired) electrons. The largest absolute Gasteiger partial charge is 0.447 e. The maximum Gasteiger partial charge on any atom is 0.416 e. The molecular weight excluding hydrogens is 639 g/mol. The molecule has 0 spiro atoms. The van der Waals surface area contributed by atoms with Gasteiger partial charge in [-0.3, -0.25) is 0 Å². The Morgan fingerprint density at radius 3 is 2.27 bits per heavy atom. The second-order valence-electron chi connectivity index (χ2n) is 13.9. The number of hydrogen-bond acceptors (Lipinski definition) is 6. The third-order valence-electron chi connectivity index (χ3n) is 10.1. The summed E-state index contributed by atoms with van der Waals surface area (Å²) in [6, 6.07) is 13.2. The van der Waals surface area contributed by atoms with Gasteiger partial charge in [-0.25, -0.2) is 14.8 Å². The molecule has 7 nitrogen and oxygen atoms in total. The van der Waals surface area contributed by atoms with Crippen LogP contribution in [-0.2, 0) is 23.9 Å². The molecular formula is C37H45ClF3N5O2. The van der Waals surface area contributed by atoms with Crippen LogP contribution in [0.15, 0.2) is 60.9 Å². The molecule has 5 atom stereocenters. The fourth-order valence-electron chi connectivity index (χ4n) is 7.62. The summed E-state index contributed by atoms with van der Waals surface area (Å²) >= 11 is 6.25. The molecule has 6 rings (SSSR count). The van der Waals surface area contributed by atoms with Crippen LogP contribution in [0.1, 0.15) is 76.0 Å². The molecule has 1 saturated carbocycles. The van der Waals surface area contributed by atoms with Gasteiger partial charge in [0.25, 0.3) is 0 Å². The molecule has 2 saturated heterocycles. The highest BCUT2D eigenvalue weighted by atomic mass is 35.5. The number of carbonyl (C=O) groups excluding carboxylic acids is 1. The Kier molecular flexibility index (Phi) is 10.4. The summed E-state index contributed by atoms with van der Waals surface area (Å²) in [5.41, 5.74) is 1.68. The van der Waals surface area contributed by atoms with Crippen LogP contribution in [-0.4, -0.2) is 58.3 Å². The molecule has 1 amide bonds. The van der Waals surface area contributed by atoms with Crippen molar-refractivity contribution in [2.75, 3.05) is 22.9 Å². The highest BCUT2D eigenvalue weighted by molar-refractivity contribution is 6.30. The zero-order valence-corrected chi connectivity index (χ0v) is 28.6. The van der Waals surface area contributed by atoms with Crippen molar-refractivity contribution in [1.82, 2.24) is 14.9 Å². The van der Waals surface area contributed by atoms with Gasteiger partial charge in [-0.05, 0) is 100.0 Å². The van der Waals surface area contributed by atoms with E-state index in [-0.39, 0.29) is 41.9 Å². The first-order chi connectivity index (χ1) is 23.0. The molecule has 1 unspecified atom stereocenters. The van der Waals surface area contributed by atoms with E-state index >= 15 is 0 Å². The van der Waals surface area contributed by atoms with E-state index in [1.807, 2.05) is 66.4 Å². The number of amides is 1. The lowest BCUT2D eigenvalue weighted by Gasteiger charge is -2.47. The third kappa shape index (κ3) is 8.18. The molecule has 2 aliphatic heterocycles. The van der Waals surface area contributed by atoms with Crippen molar-refractivity contribution in [1.29, 1.82) is 0 Å². The third-order valence-corrected chi connectivity index (χ3v) is 10.4. The van der Waals surface area contributed by atoms with Crippen molar-refractivity contribution < 1.29 is 22.7 Å². The number of anilines is 2. The summed E-state index contributed by atoms with van der Waals surface area (Å²) in [4.78, 5) is 29.5. The van der Waals surface area contributed by atoms with Gasteiger partial charge in [-0.15, -0.1) is 0 Å². The fourth-order valence-corrected chi connectivity index (χ4v) is 7.88. The van der Waals surface area contributed by atoms with Crippen LogP contribution in [0.3, 0.4) is 0 Å². The molecule has 3 aliphatic rings. The quantitative estimate of drug-likeness (QED) is 0.225. The Morgan fingerprint density at radius 1 is 0.979 bits per heavy atom. The smallest absolute Gasteiger partial charge is 0.416 e.